The van der Waals surface area contributed by atoms with Gasteiger partial charge in [-0.15, -0.1) is 0 Å². The molecule has 0 rings (SSSR count). The number of ether oxygens (including phenoxy) is 1. The van der Waals surface area contributed by atoms with Crippen molar-refractivity contribution in [1.29, 1.82) is 0 Å². The van der Waals surface area contributed by atoms with Crippen LogP contribution < -0.4 is 5.32 Å². The van der Waals surface area contributed by atoms with Gasteiger partial charge in [-0.3, -0.25) is 10.1 Å². The number of methoxy groups -OCH3 is 1. The lowest BCUT2D eigenvalue weighted by molar-refractivity contribution is -0.486. The van der Waals surface area contributed by atoms with Gasteiger partial charge < -0.3 is 10.1 Å². The molecular formula is C8H16N2O4. The molecule has 6 heteroatoms. The van der Waals surface area contributed by atoms with E-state index in [9.17, 15) is 14.9 Å². The number of hydrogen-bond acceptors (Lipinski definition) is 4. The van der Waals surface area contributed by atoms with Crippen LogP contribution in [-0.4, -0.2) is 30.7 Å². The Morgan fingerprint density at radius 3 is 2.36 bits per heavy atom. The average Bonchev–Trinajstić information content (AvgIpc) is 2.00. The molecule has 1 amide bonds. The van der Waals surface area contributed by atoms with Crippen molar-refractivity contribution < 1.29 is 14.5 Å². The summed E-state index contributed by atoms with van der Waals surface area (Å²) in [6.07, 6.45) is -0.647. The van der Waals surface area contributed by atoms with E-state index in [1.165, 1.54) is 7.11 Å². The molecule has 0 radical (unpaired) electrons. The summed E-state index contributed by atoms with van der Waals surface area (Å²) in [7, 11) is 1.22. The van der Waals surface area contributed by atoms with Gasteiger partial charge in [0, 0.05) is 4.92 Å². The first-order valence-electron chi connectivity index (χ1n) is 4.23. The van der Waals surface area contributed by atoms with Gasteiger partial charge in [0.15, 0.2) is 0 Å². The minimum absolute atomic E-state index is 0.307. The van der Waals surface area contributed by atoms with Crippen molar-refractivity contribution in [3.05, 3.63) is 10.1 Å². The summed E-state index contributed by atoms with van der Waals surface area (Å²) in [5.74, 6) is 0. The lowest BCUT2D eigenvalue weighted by Crippen LogP contribution is -2.47. The van der Waals surface area contributed by atoms with Gasteiger partial charge in [0.1, 0.15) is 6.04 Å². The number of alkyl carbamates (subject to hydrolysis) is 1. The summed E-state index contributed by atoms with van der Waals surface area (Å²) < 4.78 is 4.38. The molecule has 82 valence electrons. The Hall–Kier alpha value is -1.33. The van der Waals surface area contributed by atoms with E-state index in [0.29, 0.717) is 0 Å². The second kappa shape index (κ2) is 4.78. The maximum atomic E-state index is 10.9. The normalized spacial score (nSPS) is 13.1. The van der Waals surface area contributed by atoms with Gasteiger partial charge in [-0.05, 0) is 5.41 Å². The van der Waals surface area contributed by atoms with Crippen molar-refractivity contribution in [3.8, 4) is 0 Å². The predicted molar refractivity (Wildman–Crippen MR) is 50.6 cm³/mol. The van der Waals surface area contributed by atoms with Crippen LogP contribution in [0.3, 0.4) is 0 Å². The predicted octanol–water partition coefficient (Wildman–Crippen LogP) is 1.03. The Balaban J connectivity index is 4.41. The molecule has 1 N–H and O–H groups in total. The topological polar surface area (TPSA) is 81.5 Å². The molecule has 0 spiro atoms. The van der Waals surface area contributed by atoms with Crippen LogP contribution in [0.2, 0.25) is 0 Å². The average molecular weight is 204 g/mol. The Morgan fingerprint density at radius 1 is 1.57 bits per heavy atom. The van der Waals surface area contributed by atoms with Crippen LogP contribution >= 0.6 is 0 Å². The van der Waals surface area contributed by atoms with E-state index in [4.69, 9.17) is 0 Å². The highest BCUT2D eigenvalue weighted by Crippen LogP contribution is 2.19. The maximum absolute atomic E-state index is 10.9. The first-order valence-corrected chi connectivity index (χ1v) is 4.23. The quantitative estimate of drug-likeness (QED) is 0.550. The summed E-state index contributed by atoms with van der Waals surface area (Å²) >= 11 is 0. The van der Waals surface area contributed by atoms with Crippen molar-refractivity contribution in [3.63, 3.8) is 0 Å². The van der Waals surface area contributed by atoms with Crippen molar-refractivity contribution in [2.24, 2.45) is 5.41 Å². The van der Waals surface area contributed by atoms with Crippen LogP contribution in [0.1, 0.15) is 20.8 Å². The zero-order valence-corrected chi connectivity index (χ0v) is 8.86. The van der Waals surface area contributed by atoms with E-state index in [1.54, 1.807) is 0 Å². The van der Waals surface area contributed by atoms with Gasteiger partial charge in [-0.25, -0.2) is 4.79 Å². The van der Waals surface area contributed by atoms with Gasteiger partial charge in [0.05, 0.1) is 7.11 Å². The minimum atomic E-state index is -0.647. The monoisotopic (exact) mass is 204 g/mol. The Bertz CT molecular complexity index is 222. The van der Waals surface area contributed by atoms with E-state index >= 15 is 0 Å². The fourth-order valence-corrected chi connectivity index (χ4v) is 0.886. The summed E-state index contributed by atoms with van der Waals surface area (Å²) in [6.45, 7) is 5.14. The SMILES string of the molecule is COC(=O)N[C@H](C[N+](=O)[O-])C(C)(C)C. The van der Waals surface area contributed by atoms with Gasteiger partial charge in [-0.1, -0.05) is 20.8 Å². The molecule has 0 fully saturated rings. The van der Waals surface area contributed by atoms with Crippen molar-refractivity contribution >= 4 is 6.09 Å². The number of nitro groups is 1. The smallest absolute Gasteiger partial charge is 0.407 e. The molecule has 14 heavy (non-hydrogen) atoms. The van der Waals surface area contributed by atoms with Crippen molar-refractivity contribution in [2.75, 3.05) is 13.7 Å². The number of amides is 1. The third-order valence-electron chi connectivity index (χ3n) is 1.85. The second-order valence-electron chi connectivity index (χ2n) is 4.07. The molecule has 0 aromatic heterocycles. The first kappa shape index (κ1) is 12.7. The summed E-state index contributed by atoms with van der Waals surface area (Å²) in [5, 5.41) is 12.8. The van der Waals surface area contributed by atoms with E-state index in [2.05, 4.69) is 10.1 Å². The number of rotatable bonds is 3. The zero-order chi connectivity index (χ0) is 11.4. The van der Waals surface area contributed by atoms with Crippen molar-refractivity contribution in [1.82, 2.24) is 5.32 Å². The molecule has 1 atom stereocenters. The molecule has 0 aromatic carbocycles. The third-order valence-corrected chi connectivity index (χ3v) is 1.85. The minimum Gasteiger partial charge on any atom is -0.453 e. The lowest BCUT2D eigenvalue weighted by Gasteiger charge is -2.27. The highest BCUT2D eigenvalue weighted by molar-refractivity contribution is 5.67. The molecule has 0 unspecified atom stereocenters. The maximum Gasteiger partial charge on any atom is 0.407 e. The Labute approximate surface area is 82.8 Å². The molecule has 0 aliphatic rings. The number of nitrogens with zero attached hydrogens (tertiary/aromatic N) is 1. The summed E-state index contributed by atoms with van der Waals surface area (Å²) in [4.78, 5) is 20.8. The van der Waals surface area contributed by atoms with E-state index in [1.807, 2.05) is 20.8 Å². The second-order valence-corrected chi connectivity index (χ2v) is 4.07. The lowest BCUT2D eigenvalue weighted by atomic mass is 9.87. The molecule has 6 nitrogen and oxygen atoms in total. The number of nitrogens with one attached hydrogen (secondary N) is 1. The molecule has 0 aliphatic carbocycles. The first-order chi connectivity index (χ1) is 6.27. The van der Waals surface area contributed by atoms with Crippen LogP contribution in [0.15, 0.2) is 0 Å². The molecule has 0 heterocycles. The van der Waals surface area contributed by atoms with Gasteiger partial charge in [0.25, 0.3) is 0 Å². The number of carbonyl (C=O) groups is 1. The van der Waals surface area contributed by atoms with E-state index in [-0.39, 0.29) is 12.0 Å². The number of hydrogen-bond donors (Lipinski definition) is 1. The van der Waals surface area contributed by atoms with Gasteiger partial charge >= 0.3 is 6.09 Å². The third kappa shape index (κ3) is 4.64. The van der Waals surface area contributed by atoms with Gasteiger partial charge in [0.2, 0.25) is 6.54 Å². The van der Waals surface area contributed by atoms with Crippen molar-refractivity contribution in [2.45, 2.75) is 26.8 Å². The fraction of sp³-hybridized carbons (Fsp3) is 0.875. The Morgan fingerprint density at radius 2 is 2.07 bits per heavy atom. The molecule has 0 saturated carbocycles. The molecule has 0 aliphatic heterocycles. The van der Waals surface area contributed by atoms with Crippen LogP contribution in [-0.2, 0) is 4.74 Å². The zero-order valence-electron chi connectivity index (χ0n) is 8.86. The number of carbonyl (C=O) groups excluding carboxylic acids is 1. The summed E-state index contributed by atoms with van der Waals surface area (Å²) in [6, 6.07) is -0.537. The fourth-order valence-electron chi connectivity index (χ4n) is 0.886. The highest BCUT2D eigenvalue weighted by Gasteiger charge is 2.30. The van der Waals surface area contributed by atoms with Crippen LogP contribution in [0, 0.1) is 15.5 Å². The molecule has 0 aromatic rings. The van der Waals surface area contributed by atoms with Crippen LogP contribution in [0.25, 0.3) is 0 Å². The molecule has 0 bridgehead atoms. The largest absolute Gasteiger partial charge is 0.453 e. The van der Waals surface area contributed by atoms with E-state index < -0.39 is 17.1 Å². The standard InChI is InChI=1S/C8H16N2O4/c1-8(2,3)6(5-10(12)13)9-7(11)14-4/h6H,5H2,1-4H3,(H,9,11)/t6-/m1/s1. The van der Waals surface area contributed by atoms with Gasteiger partial charge in [-0.2, -0.15) is 0 Å². The molecular weight excluding hydrogens is 188 g/mol. The molecule has 0 saturated heterocycles. The Kier molecular flexibility index (Phi) is 4.33. The summed E-state index contributed by atoms with van der Waals surface area (Å²) in [5.41, 5.74) is -0.374. The van der Waals surface area contributed by atoms with E-state index in [0.717, 1.165) is 0 Å². The highest BCUT2D eigenvalue weighted by atomic mass is 16.6. The van der Waals surface area contributed by atoms with Crippen LogP contribution in [0.4, 0.5) is 4.79 Å². The van der Waals surface area contributed by atoms with Crippen LogP contribution in [0.5, 0.6) is 0 Å².